The van der Waals surface area contributed by atoms with Crippen LogP contribution in [-0.4, -0.2) is 34.4 Å². The Morgan fingerprint density at radius 1 is 1.60 bits per heavy atom. The van der Waals surface area contributed by atoms with Gasteiger partial charge in [-0.3, -0.25) is 0 Å². The van der Waals surface area contributed by atoms with E-state index in [4.69, 9.17) is 44.3 Å². The summed E-state index contributed by atoms with van der Waals surface area (Å²) in [6, 6.07) is -0.754. The summed E-state index contributed by atoms with van der Waals surface area (Å²) in [5.41, 5.74) is 0. The first-order valence-electron chi connectivity index (χ1n) is 4.34. The van der Waals surface area contributed by atoms with Crippen LogP contribution in [0, 0.1) is 0 Å². The first kappa shape index (κ1) is 12.9. The highest BCUT2D eigenvalue weighted by molar-refractivity contribution is 6.76. The number of hydrogen-bond acceptors (Lipinski definition) is 4. The molecule has 0 bridgehead atoms. The van der Waals surface area contributed by atoms with Crippen LogP contribution in [0.1, 0.15) is 13.8 Å². The third-order valence-corrected chi connectivity index (χ3v) is 2.25. The number of aliphatic imine (C=N–C) groups is 1. The summed E-state index contributed by atoms with van der Waals surface area (Å²) < 4.78 is 8.22. The van der Waals surface area contributed by atoms with Crippen LogP contribution in [-0.2, 0) is 14.3 Å². The van der Waals surface area contributed by atoms with Crippen LogP contribution in [0.5, 0.6) is 0 Å². The second-order valence-corrected chi connectivity index (χ2v) is 5.23. The predicted octanol–water partition coefficient (Wildman–Crippen LogP) is 2.11. The molecule has 0 saturated heterocycles. The van der Waals surface area contributed by atoms with Crippen LogP contribution in [0.25, 0.3) is 0 Å². The maximum absolute atomic E-state index is 11.4. The van der Waals surface area contributed by atoms with Crippen LogP contribution in [0.4, 0.5) is 0 Å². The second kappa shape index (κ2) is 4.76. The number of hydrogen-bond donors (Lipinski definition) is 0. The Kier molecular flexibility index (Phi) is 4.09. The van der Waals surface area contributed by atoms with E-state index in [2.05, 4.69) is 4.99 Å². The van der Waals surface area contributed by atoms with Crippen LogP contribution in [0.2, 0.25) is 0 Å². The maximum atomic E-state index is 11.4. The van der Waals surface area contributed by atoms with Gasteiger partial charge in [0.1, 0.15) is 6.10 Å². The zero-order valence-electron chi connectivity index (χ0n) is 8.17. The molecule has 15 heavy (non-hydrogen) atoms. The second-order valence-electron chi connectivity index (χ2n) is 2.95. The van der Waals surface area contributed by atoms with Crippen molar-refractivity contribution < 1.29 is 14.3 Å². The average molecular weight is 275 g/mol. The van der Waals surface area contributed by atoms with E-state index in [0.717, 1.165) is 0 Å². The molecule has 0 radical (unpaired) electrons. The molecule has 2 atom stereocenters. The number of alkyl halides is 3. The standard InChI is InChI=1S/C8H10Cl3NO3/c1-3-14-6(13)5-4(2)15-7(12-5)8(9,10)11/h4-5H,3H2,1-2H3. The molecule has 1 aliphatic rings. The zero-order valence-corrected chi connectivity index (χ0v) is 10.4. The monoisotopic (exact) mass is 273 g/mol. The van der Waals surface area contributed by atoms with Crippen molar-refractivity contribution in [1.82, 2.24) is 0 Å². The third kappa shape index (κ3) is 3.13. The SMILES string of the molecule is CCOC(=O)C1N=C(C(Cl)(Cl)Cl)OC1C. The number of ether oxygens (including phenoxy) is 2. The minimum Gasteiger partial charge on any atom is -0.472 e. The largest absolute Gasteiger partial charge is 0.472 e. The molecule has 0 aromatic heterocycles. The molecule has 0 fully saturated rings. The van der Waals surface area contributed by atoms with E-state index in [1.54, 1.807) is 13.8 Å². The Morgan fingerprint density at radius 2 is 2.20 bits per heavy atom. The van der Waals surface area contributed by atoms with Crippen molar-refractivity contribution in [2.24, 2.45) is 4.99 Å². The Balaban J connectivity index is 2.76. The van der Waals surface area contributed by atoms with E-state index in [1.807, 2.05) is 0 Å². The first-order chi connectivity index (χ1) is 6.86. The molecule has 0 spiro atoms. The Hall–Kier alpha value is -0.190. The quantitative estimate of drug-likeness (QED) is 0.572. The van der Waals surface area contributed by atoms with Gasteiger partial charge in [0.15, 0.2) is 6.04 Å². The van der Waals surface area contributed by atoms with E-state index < -0.39 is 21.9 Å². The van der Waals surface area contributed by atoms with Crippen molar-refractivity contribution in [3.8, 4) is 0 Å². The van der Waals surface area contributed by atoms with E-state index >= 15 is 0 Å². The predicted molar refractivity (Wildman–Crippen MR) is 58.7 cm³/mol. The maximum Gasteiger partial charge on any atom is 0.334 e. The molecular formula is C8H10Cl3NO3. The van der Waals surface area contributed by atoms with Gasteiger partial charge in [0.2, 0.25) is 5.90 Å². The molecule has 0 saturated carbocycles. The van der Waals surface area contributed by atoms with Gasteiger partial charge < -0.3 is 9.47 Å². The summed E-state index contributed by atoms with van der Waals surface area (Å²) in [5.74, 6) is -0.549. The number of carbonyl (C=O) groups excluding carboxylic acids is 1. The molecule has 0 N–H and O–H groups in total. The van der Waals surface area contributed by atoms with E-state index in [1.165, 1.54) is 0 Å². The minimum atomic E-state index is -1.74. The van der Waals surface area contributed by atoms with E-state index in [0.29, 0.717) is 0 Å². The number of halogens is 3. The highest BCUT2D eigenvalue weighted by Gasteiger charge is 2.42. The molecule has 2 unspecified atom stereocenters. The molecule has 1 rings (SSSR count). The van der Waals surface area contributed by atoms with Gasteiger partial charge in [-0.25, -0.2) is 9.79 Å². The molecule has 4 nitrogen and oxygen atoms in total. The first-order valence-corrected chi connectivity index (χ1v) is 5.48. The van der Waals surface area contributed by atoms with Crippen molar-refractivity contribution in [3.05, 3.63) is 0 Å². The highest BCUT2D eigenvalue weighted by atomic mass is 35.6. The minimum absolute atomic E-state index is 0.0712. The smallest absolute Gasteiger partial charge is 0.334 e. The molecule has 0 aromatic rings. The van der Waals surface area contributed by atoms with Gasteiger partial charge in [-0.15, -0.1) is 0 Å². The molecule has 1 heterocycles. The molecule has 0 amide bonds. The van der Waals surface area contributed by atoms with Gasteiger partial charge in [-0.2, -0.15) is 0 Å². The summed E-state index contributed by atoms with van der Waals surface area (Å²) in [5, 5.41) is 0. The molecule has 0 aliphatic carbocycles. The van der Waals surface area contributed by atoms with Crippen molar-refractivity contribution >= 4 is 46.7 Å². The van der Waals surface area contributed by atoms with Crippen molar-refractivity contribution in [3.63, 3.8) is 0 Å². The fourth-order valence-corrected chi connectivity index (χ4v) is 1.39. The van der Waals surface area contributed by atoms with Gasteiger partial charge >= 0.3 is 5.97 Å². The fourth-order valence-electron chi connectivity index (χ4n) is 1.11. The van der Waals surface area contributed by atoms with Gasteiger partial charge in [0, 0.05) is 0 Å². The van der Waals surface area contributed by atoms with Crippen LogP contribution >= 0.6 is 34.8 Å². The lowest BCUT2D eigenvalue weighted by atomic mass is 10.2. The summed E-state index contributed by atoms with van der Waals surface area (Å²) in [7, 11) is 0. The number of esters is 1. The van der Waals surface area contributed by atoms with Crippen molar-refractivity contribution in [2.45, 2.75) is 29.8 Å². The van der Waals surface area contributed by atoms with Crippen LogP contribution < -0.4 is 0 Å². The molecule has 86 valence electrons. The van der Waals surface area contributed by atoms with Gasteiger partial charge in [0.05, 0.1) is 6.61 Å². The number of nitrogens with zero attached hydrogens (tertiary/aromatic N) is 1. The Labute approximate surface area is 102 Å². The third-order valence-electron chi connectivity index (χ3n) is 1.77. The summed E-state index contributed by atoms with van der Waals surface area (Å²) >= 11 is 16.7. The molecule has 7 heteroatoms. The van der Waals surface area contributed by atoms with E-state index in [9.17, 15) is 4.79 Å². The number of rotatable bonds is 2. The van der Waals surface area contributed by atoms with Gasteiger partial charge in [-0.05, 0) is 13.8 Å². The highest BCUT2D eigenvalue weighted by Crippen LogP contribution is 2.33. The molecule has 0 aromatic carbocycles. The average Bonchev–Trinajstić information content (AvgIpc) is 2.47. The summed E-state index contributed by atoms with van der Waals surface area (Å²) in [6.07, 6.45) is -0.477. The van der Waals surface area contributed by atoms with Gasteiger partial charge in [0.25, 0.3) is 3.79 Å². The van der Waals surface area contributed by atoms with Crippen molar-refractivity contribution in [1.29, 1.82) is 0 Å². The zero-order chi connectivity index (χ0) is 11.6. The fraction of sp³-hybridized carbons (Fsp3) is 0.750. The molecule has 1 aliphatic heterocycles. The summed E-state index contributed by atoms with van der Waals surface area (Å²) in [4.78, 5) is 15.3. The Morgan fingerprint density at radius 3 is 2.60 bits per heavy atom. The normalized spacial score (nSPS) is 25.8. The molecular weight excluding hydrogens is 264 g/mol. The van der Waals surface area contributed by atoms with Crippen LogP contribution in [0.3, 0.4) is 0 Å². The Bertz CT molecular complexity index is 287. The number of carbonyl (C=O) groups is 1. The lowest BCUT2D eigenvalue weighted by molar-refractivity contribution is -0.145. The van der Waals surface area contributed by atoms with Gasteiger partial charge in [-0.1, -0.05) is 34.8 Å². The van der Waals surface area contributed by atoms with E-state index in [-0.39, 0.29) is 12.5 Å². The topological polar surface area (TPSA) is 47.9 Å². The lowest BCUT2D eigenvalue weighted by Gasteiger charge is -2.13. The summed E-state index contributed by atoms with van der Waals surface area (Å²) in [6.45, 7) is 3.65. The van der Waals surface area contributed by atoms with Crippen molar-refractivity contribution in [2.75, 3.05) is 6.61 Å². The lowest BCUT2D eigenvalue weighted by Crippen LogP contribution is -2.29. The van der Waals surface area contributed by atoms with Crippen LogP contribution in [0.15, 0.2) is 4.99 Å².